The fraction of sp³-hybridized carbons (Fsp3) is 0.671. The second-order valence-corrected chi connectivity index (χ2v) is 31.3. The summed E-state index contributed by atoms with van der Waals surface area (Å²) in [6, 6.07) is 5.73. The highest BCUT2D eigenvalue weighted by molar-refractivity contribution is 8.00. The van der Waals surface area contributed by atoms with Crippen LogP contribution >= 0.6 is 11.8 Å². The number of hydrogen-bond donors (Lipinski definition) is 8. The standard InChI is InChI=1S/C76H118N12O17S/c1-17-47(9)66(86(14)73(99)64(44(4)5)84-71(97)65(45(6)7)85(12)13)57(102-15)36-61(92)88-40-52(35-55(88)67(103-16)49(11)68(94)80-39-56(89)53-29-24-46(8)34-48(53)10)105-75(101)104-41-50-25-27-51(28-26-50)81-69(95)54(22-21-32-79-74(78)100)82-70(96)63(43(2)3)83-60(91)23-19-18-20-33-87-62(93)37-58(72(87)98)106-42-76(30-31-76)38-59(77)90/h24-29,34,43-45,47,49,52,54-55,57-58,63-67H,17-23,30-33,35-42H2,1-16H3,(H2,77,90)(H,80,94)(H,81,95)(H,82,96)(H,83,91)(H,84,97)(H3,78,79,100)/t47-,49+,52-,54-,55-,57+,58?,63-,64-,65-,66-,67+/m0/s1. The number of anilines is 1. The summed E-state index contributed by atoms with van der Waals surface area (Å²) in [5, 5.41) is 16.1. The molecule has 30 heteroatoms. The van der Waals surface area contributed by atoms with Gasteiger partial charge < -0.3 is 72.1 Å². The van der Waals surface area contributed by atoms with Crippen LogP contribution in [0.1, 0.15) is 173 Å². The number of carbonyl (C=O) groups excluding carboxylic acids is 13. The molecule has 29 nitrogen and oxygen atoms in total. The highest BCUT2D eigenvalue weighted by Gasteiger charge is 2.49. The van der Waals surface area contributed by atoms with Gasteiger partial charge in [0.1, 0.15) is 30.8 Å². The first-order valence-electron chi connectivity index (χ1n) is 37.0. The van der Waals surface area contributed by atoms with Crippen molar-refractivity contribution in [3.05, 3.63) is 64.7 Å². The third-order valence-electron chi connectivity index (χ3n) is 20.4. The quantitative estimate of drug-likeness (QED) is 0.0171. The SMILES string of the molecule is CC[C@H](C)[C@@H]([C@@H](CC(=O)N1C[C@@H](OC(=O)OCc2ccc(NC(=O)[C@H](CCCNC(N)=O)NC(=O)[C@@H](NC(=O)CCCCCN3C(=O)CC(SCC4(CC(N)=O)CC4)C3=O)C(C)C)cc2)C[C@H]1[C@H](OC)[C@@H](C)C(=O)NCC(=O)c1ccc(C)cc1C)OC)N(C)C(=O)[C@@H](NC(=O)[C@H](C(C)C)N(C)C)C(C)C. The molecule has 2 saturated heterocycles. The number of thioether (sulfide) groups is 1. The van der Waals surface area contributed by atoms with E-state index in [4.69, 9.17) is 30.4 Å². The molecule has 12 amide bonds. The van der Waals surface area contributed by atoms with Crippen LogP contribution in [0.5, 0.6) is 0 Å². The molecule has 12 atom stereocenters. The van der Waals surface area contributed by atoms with Crippen molar-refractivity contribution in [3.8, 4) is 0 Å². The van der Waals surface area contributed by atoms with Gasteiger partial charge in [0.25, 0.3) is 0 Å². The predicted octanol–water partition coefficient (Wildman–Crippen LogP) is 5.67. The second-order valence-electron chi connectivity index (χ2n) is 30.1. The summed E-state index contributed by atoms with van der Waals surface area (Å²) >= 11 is 1.40. The van der Waals surface area contributed by atoms with E-state index in [1.165, 1.54) is 35.8 Å². The number of rotatable bonds is 44. The molecule has 3 fully saturated rings. The minimum absolute atomic E-state index is 0.00411. The van der Waals surface area contributed by atoms with Gasteiger partial charge in [0.15, 0.2) is 5.78 Å². The Bertz CT molecular complexity index is 3380. The number of nitrogens with zero attached hydrogens (tertiary/aromatic N) is 4. The molecule has 0 radical (unpaired) electrons. The number of nitrogens with one attached hydrogen (secondary N) is 6. The van der Waals surface area contributed by atoms with Gasteiger partial charge in [-0.1, -0.05) is 111 Å². The van der Waals surface area contributed by atoms with Crippen LogP contribution in [-0.4, -0.2) is 224 Å². The Morgan fingerprint density at radius 3 is 2.00 bits per heavy atom. The van der Waals surface area contributed by atoms with E-state index in [1.54, 1.807) is 63.1 Å². The number of benzene rings is 2. The molecular formula is C76H118N12O17S. The lowest BCUT2D eigenvalue weighted by Gasteiger charge is -2.41. The van der Waals surface area contributed by atoms with Crippen molar-refractivity contribution in [2.45, 2.75) is 226 Å². The van der Waals surface area contributed by atoms with Crippen LogP contribution in [-0.2, 0) is 73.5 Å². The highest BCUT2D eigenvalue weighted by Crippen LogP contribution is 2.52. The van der Waals surface area contributed by atoms with Gasteiger partial charge in [-0.25, -0.2) is 9.59 Å². The van der Waals surface area contributed by atoms with Gasteiger partial charge in [0.05, 0.1) is 61.0 Å². The van der Waals surface area contributed by atoms with Crippen molar-refractivity contribution >= 4 is 94.5 Å². The zero-order chi connectivity index (χ0) is 79.0. The molecule has 10 N–H and O–H groups in total. The van der Waals surface area contributed by atoms with Crippen molar-refractivity contribution in [3.63, 3.8) is 0 Å². The lowest BCUT2D eigenvalue weighted by atomic mass is 9.89. The number of urea groups is 1. The van der Waals surface area contributed by atoms with Crippen LogP contribution in [0.25, 0.3) is 0 Å². The first-order valence-corrected chi connectivity index (χ1v) is 38.1. The number of likely N-dealkylation sites (N-methyl/N-ethyl adjacent to an activating group) is 2. The van der Waals surface area contributed by atoms with E-state index >= 15 is 4.79 Å². The summed E-state index contributed by atoms with van der Waals surface area (Å²) in [4.78, 5) is 181. The Labute approximate surface area is 629 Å². The first kappa shape index (κ1) is 88.4. The van der Waals surface area contributed by atoms with Crippen molar-refractivity contribution in [2.75, 3.05) is 72.6 Å². The topological polar surface area (TPSA) is 396 Å². The van der Waals surface area contributed by atoms with Gasteiger partial charge in [-0.15, -0.1) is 11.8 Å². The molecule has 1 aliphatic carbocycles. The molecule has 0 aromatic heterocycles. The molecule has 2 aromatic rings. The summed E-state index contributed by atoms with van der Waals surface area (Å²) in [7, 11) is 8.11. The smallest absolute Gasteiger partial charge is 0.429 e. The number of carbonyl (C=O) groups is 13. The number of amides is 12. The number of hydrogen-bond acceptors (Lipinski definition) is 19. The van der Waals surface area contributed by atoms with Gasteiger partial charge >= 0.3 is 12.2 Å². The summed E-state index contributed by atoms with van der Waals surface area (Å²) in [5.74, 6) is -5.88. The van der Waals surface area contributed by atoms with E-state index in [0.717, 1.165) is 24.0 Å². The summed E-state index contributed by atoms with van der Waals surface area (Å²) in [6.45, 7) is 19.8. The molecule has 0 bridgehead atoms. The molecule has 0 spiro atoms. The maximum atomic E-state index is 15.1. The number of imide groups is 1. The van der Waals surface area contributed by atoms with Gasteiger partial charge in [-0.2, -0.15) is 0 Å². The van der Waals surface area contributed by atoms with Crippen LogP contribution in [0.2, 0.25) is 0 Å². The van der Waals surface area contributed by atoms with Crippen LogP contribution in [0, 0.1) is 48.9 Å². The zero-order valence-corrected chi connectivity index (χ0v) is 65.7. The van der Waals surface area contributed by atoms with E-state index in [0.29, 0.717) is 48.3 Å². The molecule has 1 unspecified atom stereocenters. The largest absolute Gasteiger partial charge is 0.508 e. The minimum Gasteiger partial charge on any atom is -0.429 e. The van der Waals surface area contributed by atoms with Crippen molar-refractivity contribution in [1.29, 1.82) is 0 Å². The van der Waals surface area contributed by atoms with Gasteiger partial charge in [0, 0.05) is 77.0 Å². The summed E-state index contributed by atoms with van der Waals surface area (Å²) in [6.07, 6.45) is 0.149. The number of Topliss-reactive ketones (excluding diaryl/α,β-unsaturated/α-hetero) is 1. The molecule has 2 aromatic carbocycles. The molecule has 2 heterocycles. The van der Waals surface area contributed by atoms with Crippen molar-refractivity contribution in [2.24, 2.45) is 46.5 Å². The van der Waals surface area contributed by atoms with E-state index in [9.17, 15) is 57.5 Å². The number of nitrogens with two attached hydrogens (primary N) is 2. The maximum absolute atomic E-state index is 15.1. The average molecular weight is 1500 g/mol. The van der Waals surface area contributed by atoms with Gasteiger partial charge in [-0.3, -0.25) is 62.5 Å². The normalized spacial score (nSPS) is 18.7. The molecule has 590 valence electrons. The molecular weight excluding hydrogens is 1380 g/mol. The predicted molar refractivity (Wildman–Crippen MR) is 401 cm³/mol. The molecule has 2 aliphatic heterocycles. The number of likely N-dealkylation sites (tertiary alicyclic amines) is 2. The van der Waals surface area contributed by atoms with Crippen LogP contribution in [0.3, 0.4) is 0 Å². The molecule has 106 heavy (non-hydrogen) atoms. The van der Waals surface area contributed by atoms with Crippen LogP contribution in [0.4, 0.5) is 15.3 Å². The Balaban J connectivity index is 1.24. The fourth-order valence-electron chi connectivity index (χ4n) is 14.0. The van der Waals surface area contributed by atoms with Crippen LogP contribution in [0.15, 0.2) is 42.5 Å². The fourth-order valence-corrected chi connectivity index (χ4v) is 15.5. The number of aryl methyl sites for hydroxylation is 2. The van der Waals surface area contributed by atoms with E-state index in [2.05, 4.69) is 31.9 Å². The highest BCUT2D eigenvalue weighted by atomic mass is 32.2. The third-order valence-corrected chi connectivity index (χ3v) is 21.9. The Hall–Kier alpha value is -8.22. The van der Waals surface area contributed by atoms with E-state index in [-0.39, 0.29) is 136 Å². The molecule has 1 saturated carbocycles. The number of ketones is 1. The van der Waals surface area contributed by atoms with Gasteiger partial charge in [-0.05, 0) is 119 Å². The Kier molecular flexibility index (Phi) is 34.8. The average Bonchev–Trinajstić information content (AvgIpc) is 1.68. The lowest BCUT2D eigenvalue weighted by Crippen LogP contribution is -2.59. The minimum atomic E-state index is -1.15. The lowest BCUT2D eigenvalue weighted by molar-refractivity contribution is -0.148. The Morgan fingerprint density at radius 1 is 0.755 bits per heavy atom. The molecule has 5 rings (SSSR count). The number of primary amides is 2. The maximum Gasteiger partial charge on any atom is 0.508 e. The van der Waals surface area contributed by atoms with Gasteiger partial charge in [0.2, 0.25) is 59.1 Å². The Morgan fingerprint density at radius 2 is 1.42 bits per heavy atom. The zero-order valence-electron chi connectivity index (χ0n) is 64.9. The number of methoxy groups -OCH3 is 2. The van der Waals surface area contributed by atoms with Crippen molar-refractivity contribution < 1.29 is 81.3 Å². The first-order chi connectivity index (χ1) is 50.0. The third kappa shape index (κ3) is 26.0. The number of ether oxygens (including phenoxy) is 4. The number of unbranched alkanes of at least 4 members (excludes halogenated alkanes) is 2. The summed E-state index contributed by atoms with van der Waals surface area (Å²) in [5.41, 5.74) is 13.5. The van der Waals surface area contributed by atoms with E-state index in [1.807, 2.05) is 86.5 Å². The second kappa shape index (κ2) is 41.8. The van der Waals surface area contributed by atoms with Crippen LogP contribution < -0.4 is 43.4 Å². The molecule has 3 aliphatic rings. The monoisotopic (exact) mass is 1500 g/mol. The summed E-state index contributed by atoms with van der Waals surface area (Å²) < 4.78 is 23.7. The van der Waals surface area contributed by atoms with E-state index < -0.39 is 113 Å². The van der Waals surface area contributed by atoms with Crippen molar-refractivity contribution in [1.82, 2.24) is 46.2 Å².